The number of likely N-dealkylation sites (N-methyl/N-ethyl adjacent to an activating group) is 1. The third kappa shape index (κ3) is 6.00. The third-order valence-electron chi connectivity index (χ3n) is 2.42. The molecule has 0 aliphatic rings. The van der Waals surface area contributed by atoms with Gasteiger partial charge < -0.3 is 15.5 Å². The molecule has 0 heterocycles. The Kier molecular flexibility index (Phi) is 8.37. The summed E-state index contributed by atoms with van der Waals surface area (Å²) < 4.78 is 0. The van der Waals surface area contributed by atoms with E-state index in [1.807, 2.05) is 49.3 Å². The van der Waals surface area contributed by atoms with E-state index in [-0.39, 0.29) is 18.3 Å². The Morgan fingerprint density at radius 2 is 1.83 bits per heavy atom. The van der Waals surface area contributed by atoms with Gasteiger partial charge in [-0.05, 0) is 19.7 Å². The predicted octanol–water partition coefficient (Wildman–Crippen LogP) is 0.957. The van der Waals surface area contributed by atoms with Gasteiger partial charge in [0, 0.05) is 19.6 Å². The molecule has 0 saturated heterocycles. The van der Waals surface area contributed by atoms with Crippen LogP contribution in [0.1, 0.15) is 5.56 Å². The lowest BCUT2D eigenvalue weighted by atomic mass is 10.2. The van der Waals surface area contributed by atoms with Gasteiger partial charge in [-0.15, -0.1) is 12.4 Å². The van der Waals surface area contributed by atoms with Gasteiger partial charge in [-0.2, -0.15) is 0 Å². The lowest BCUT2D eigenvalue weighted by Gasteiger charge is -2.23. The maximum atomic E-state index is 12.0. The van der Waals surface area contributed by atoms with E-state index < -0.39 is 0 Å². The normalized spacial score (nSPS) is 10.0. The second-order valence-electron chi connectivity index (χ2n) is 4.33. The Morgan fingerprint density at radius 1 is 1.22 bits per heavy atom. The number of rotatable bonds is 6. The molecular weight excluding hydrogens is 250 g/mol. The molecule has 0 fully saturated rings. The highest BCUT2D eigenvalue weighted by atomic mass is 35.5. The maximum absolute atomic E-state index is 12.0. The summed E-state index contributed by atoms with van der Waals surface area (Å²) in [6.45, 7) is 2.14. The fourth-order valence-electron chi connectivity index (χ4n) is 1.62. The molecule has 0 aromatic heterocycles. The summed E-state index contributed by atoms with van der Waals surface area (Å²) in [6, 6.07) is 9.97. The summed E-state index contributed by atoms with van der Waals surface area (Å²) >= 11 is 0. The van der Waals surface area contributed by atoms with Crippen molar-refractivity contribution < 1.29 is 4.79 Å². The van der Waals surface area contributed by atoms with E-state index in [1.54, 1.807) is 4.90 Å². The van der Waals surface area contributed by atoms with Gasteiger partial charge in [0.2, 0.25) is 5.91 Å². The second kappa shape index (κ2) is 8.91. The van der Waals surface area contributed by atoms with Crippen LogP contribution in [-0.2, 0) is 11.3 Å². The average Bonchev–Trinajstić information content (AvgIpc) is 2.29. The molecule has 102 valence electrons. The van der Waals surface area contributed by atoms with E-state index in [2.05, 4.69) is 0 Å². The van der Waals surface area contributed by atoms with Gasteiger partial charge in [-0.1, -0.05) is 30.3 Å². The molecule has 1 aromatic carbocycles. The van der Waals surface area contributed by atoms with Gasteiger partial charge in [0.15, 0.2) is 0 Å². The molecule has 0 aliphatic heterocycles. The Morgan fingerprint density at radius 3 is 2.33 bits per heavy atom. The van der Waals surface area contributed by atoms with Crippen molar-refractivity contribution in [2.75, 3.05) is 33.7 Å². The van der Waals surface area contributed by atoms with Crippen molar-refractivity contribution in [1.29, 1.82) is 0 Å². The van der Waals surface area contributed by atoms with E-state index >= 15 is 0 Å². The van der Waals surface area contributed by atoms with Crippen LogP contribution in [0.4, 0.5) is 0 Å². The third-order valence-corrected chi connectivity index (χ3v) is 2.42. The SMILES string of the molecule is CN(C)CC(=O)N(CCN)Cc1ccccc1.Cl. The number of carbonyl (C=O) groups is 1. The molecule has 0 aliphatic carbocycles. The van der Waals surface area contributed by atoms with Gasteiger partial charge in [-0.3, -0.25) is 4.79 Å². The number of hydrogen-bond acceptors (Lipinski definition) is 3. The molecule has 1 amide bonds. The number of benzene rings is 1. The minimum Gasteiger partial charge on any atom is -0.336 e. The first kappa shape index (κ1) is 16.9. The van der Waals surface area contributed by atoms with Crippen LogP contribution in [-0.4, -0.2) is 49.4 Å². The molecule has 0 atom stereocenters. The van der Waals surface area contributed by atoms with E-state index in [1.165, 1.54) is 0 Å². The quantitative estimate of drug-likeness (QED) is 0.838. The highest BCUT2D eigenvalue weighted by Crippen LogP contribution is 2.04. The number of nitrogens with two attached hydrogens (primary N) is 1. The topological polar surface area (TPSA) is 49.6 Å². The molecule has 18 heavy (non-hydrogen) atoms. The minimum atomic E-state index is 0. The van der Waals surface area contributed by atoms with Gasteiger partial charge >= 0.3 is 0 Å². The summed E-state index contributed by atoms with van der Waals surface area (Å²) in [5.41, 5.74) is 6.68. The average molecular weight is 272 g/mol. The number of hydrogen-bond donors (Lipinski definition) is 1. The van der Waals surface area contributed by atoms with E-state index in [9.17, 15) is 4.79 Å². The molecule has 5 heteroatoms. The highest BCUT2D eigenvalue weighted by molar-refractivity contribution is 5.85. The standard InChI is InChI=1S/C13H21N3O.ClH/c1-15(2)11-13(17)16(9-8-14)10-12-6-4-3-5-7-12;/h3-7H,8-11,14H2,1-2H3;1H. The molecule has 4 nitrogen and oxygen atoms in total. The van der Waals surface area contributed by atoms with Crippen molar-refractivity contribution in [3.05, 3.63) is 35.9 Å². The molecule has 1 rings (SSSR count). The Hall–Kier alpha value is -1.10. The van der Waals surface area contributed by atoms with Crippen molar-refractivity contribution in [1.82, 2.24) is 9.80 Å². The Labute approximate surface area is 115 Å². The van der Waals surface area contributed by atoms with Crippen LogP contribution in [0.25, 0.3) is 0 Å². The number of nitrogens with zero attached hydrogens (tertiary/aromatic N) is 2. The molecule has 1 aromatic rings. The molecule has 0 radical (unpaired) electrons. The van der Waals surface area contributed by atoms with Crippen LogP contribution < -0.4 is 5.73 Å². The van der Waals surface area contributed by atoms with Crippen molar-refractivity contribution in [2.24, 2.45) is 5.73 Å². The van der Waals surface area contributed by atoms with E-state index in [0.29, 0.717) is 26.2 Å². The zero-order chi connectivity index (χ0) is 12.7. The molecule has 0 saturated carbocycles. The summed E-state index contributed by atoms with van der Waals surface area (Å²) in [6.07, 6.45) is 0. The predicted molar refractivity (Wildman–Crippen MR) is 76.7 cm³/mol. The lowest BCUT2D eigenvalue weighted by molar-refractivity contribution is -0.132. The van der Waals surface area contributed by atoms with Crippen molar-refractivity contribution in [3.8, 4) is 0 Å². The largest absolute Gasteiger partial charge is 0.336 e. The first-order valence-corrected chi connectivity index (χ1v) is 5.80. The second-order valence-corrected chi connectivity index (χ2v) is 4.33. The highest BCUT2D eigenvalue weighted by Gasteiger charge is 2.13. The Bertz CT molecular complexity index is 343. The van der Waals surface area contributed by atoms with Crippen LogP contribution in [0.15, 0.2) is 30.3 Å². The fourth-order valence-corrected chi connectivity index (χ4v) is 1.62. The van der Waals surface area contributed by atoms with Crippen molar-refractivity contribution in [2.45, 2.75) is 6.54 Å². The Balaban J connectivity index is 0.00000289. The zero-order valence-electron chi connectivity index (χ0n) is 11.0. The lowest BCUT2D eigenvalue weighted by Crippen LogP contribution is -2.40. The van der Waals surface area contributed by atoms with Gasteiger partial charge in [0.1, 0.15) is 0 Å². The van der Waals surface area contributed by atoms with E-state index in [4.69, 9.17) is 5.73 Å². The number of amides is 1. The monoisotopic (exact) mass is 271 g/mol. The van der Waals surface area contributed by atoms with Gasteiger partial charge in [0.25, 0.3) is 0 Å². The zero-order valence-corrected chi connectivity index (χ0v) is 11.8. The summed E-state index contributed by atoms with van der Waals surface area (Å²) in [5, 5.41) is 0. The van der Waals surface area contributed by atoms with Crippen LogP contribution in [0.5, 0.6) is 0 Å². The van der Waals surface area contributed by atoms with E-state index in [0.717, 1.165) is 5.56 Å². The van der Waals surface area contributed by atoms with Crippen LogP contribution in [0.2, 0.25) is 0 Å². The van der Waals surface area contributed by atoms with Crippen LogP contribution in [0.3, 0.4) is 0 Å². The van der Waals surface area contributed by atoms with Crippen LogP contribution in [0, 0.1) is 0 Å². The van der Waals surface area contributed by atoms with Crippen molar-refractivity contribution >= 4 is 18.3 Å². The fraction of sp³-hybridized carbons (Fsp3) is 0.462. The molecule has 0 unspecified atom stereocenters. The first-order valence-electron chi connectivity index (χ1n) is 5.80. The molecular formula is C13H22ClN3O. The van der Waals surface area contributed by atoms with Gasteiger partial charge in [0.05, 0.1) is 6.54 Å². The number of halogens is 1. The van der Waals surface area contributed by atoms with Crippen molar-refractivity contribution in [3.63, 3.8) is 0 Å². The van der Waals surface area contributed by atoms with Crippen LogP contribution >= 0.6 is 12.4 Å². The summed E-state index contributed by atoms with van der Waals surface area (Å²) in [4.78, 5) is 15.6. The minimum absolute atomic E-state index is 0. The maximum Gasteiger partial charge on any atom is 0.237 e. The summed E-state index contributed by atoms with van der Waals surface area (Å²) in [7, 11) is 3.78. The smallest absolute Gasteiger partial charge is 0.237 e. The van der Waals surface area contributed by atoms with Gasteiger partial charge in [-0.25, -0.2) is 0 Å². The summed E-state index contributed by atoms with van der Waals surface area (Å²) in [5.74, 6) is 0.115. The number of carbonyl (C=O) groups excluding carboxylic acids is 1. The first-order chi connectivity index (χ1) is 8.13. The molecule has 2 N–H and O–H groups in total. The molecule has 0 spiro atoms. The molecule has 0 bridgehead atoms.